The number of hydrogen-bond donors (Lipinski definition) is 3. The van der Waals surface area contributed by atoms with E-state index in [0.29, 0.717) is 29.8 Å². The third-order valence-corrected chi connectivity index (χ3v) is 6.19. The summed E-state index contributed by atoms with van der Waals surface area (Å²) in [5.41, 5.74) is 8.27. The van der Waals surface area contributed by atoms with E-state index in [9.17, 15) is 23.9 Å². The number of pyridine rings is 2. The summed E-state index contributed by atoms with van der Waals surface area (Å²) >= 11 is 0. The summed E-state index contributed by atoms with van der Waals surface area (Å²) in [6, 6.07) is 2.76. The van der Waals surface area contributed by atoms with E-state index < -0.39 is 17.3 Å². The highest BCUT2D eigenvalue weighted by Gasteiger charge is 2.30. The van der Waals surface area contributed by atoms with Crippen LogP contribution >= 0.6 is 0 Å². The number of nitrogens with one attached hydrogen (secondary N) is 1. The van der Waals surface area contributed by atoms with Gasteiger partial charge in [0.1, 0.15) is 17.3 Å². The van der Waals surface area contributed by atoms with Crippen LogP contribution in [0.4, 0.5) is 15.9 Å². The Bertz CT molecular complexity index is 1240. The molecule has 4 N–H and O–H groups in total. The van der Waals surface area contributed by atoms with E-state index >= 15 is 0 Å². The van der Waals surface area contributed by atoms with Gasteiger partial charge in [-0.05, 0) is 44.4 Å². The molecule has 0 fully saturated rings. The van der Waals surface area contributed by atoms with Gasteiger partial charge in [-0.25, -0.2) is 14.4 Å². The summed E-state index contributed by atoms with van der Waals surface area (Å²) in [6.45, 7) is 5.72. The molecule has 2 amide bonds. The number of rotatable bonds is 8. The molecular weight excluding hydrogens is 455 g/mol. The van der Waals surface area contributed by atoms with Crippen molar-refractivity contribution in [2.45, 2.75) is 53.3 Å². The number of nitrogen functional groups attached to an aromatic ring is 1. The maximum atomic E-state index is 14.1. The number of anilines is 2. The molecule has 0 aromatic carbocycles. The molecule has 1 aliphatic rings. The molecule has 2 aromatic heterocycles. The topological polar surface area (TPSA) is 134 Å². The number of aryl methyl sites for hydroxylation is 2. The van der Waals surface area contributed by atoms with Crippen LogP contribution in [0.1, 0.15) is 43.5 Å². The van der Waals surface area contributed by atoms with E-state index in [1.165, 1.54) is 21.6 Å². The first kappa shape index (κ1) is 25.9. The molecule has 0 unspecified atom stereocenters. The number of nitrogens with two attached hydrogens (primary N) is 1. The highest BCUT2D eigenvalue weighted by molar-refractivity contribution is 6.00. The van der Waals surface area contributed by atoms with Crippen LogP contribution in [0.25, 0.3) is 0 Å². The number of hydrogen-bond acceptors (Lipinski definition) is 7. The Kier molecular flexibility index (Phi) is 7.90. The second-order valence-electron chi connectivity index (χ2n) is 8.50. The lowest BCUT2D eigenvalue weighted by Crippen LogP contribution is -2.50. The SMILES string of the molecule is CCn1cc(F)cc(N(C)N2CCC(C)=C(CC(=O)NCc3c(C)cc(N)nc3CO)C2=O)c1=O. The fourth-order valence-corrected chi connectivity index (χ4v) is 4.13. The van der Waals surface area contributed by atoms with Crippen molar-refractivity contribution >= 4 is 23.3 Å². The van der Waals surface area contributed by atoms with Crippen LogP contribution in [0.15, 0.2) is 34.3 Å². The first-order valence-electron chi connectivity index (χ1n) is 11.3. The number of amides is 2. The van der Waals surface area contributed by atoms with Crippen LogP contribution in [0.5, 0.6) is 0 Å². The highest BCUT2D eigenvalue weighted by atomic mass is 19.1. The number of carbonyl (C=O) groups excluding carboxylic acids is 2. The molecule has 3 heterocycles. The molecule has 0 bridgehead atoms. The smallest absolute Gasteiger partial charge is 0.276 e. The Balaban J connectivity index is 1.76. The number of aromatic nitrogens is 2. The minimum absolute atomic E-state index is 0.0337. The molecule has 1 aliphatic heterocycles. The van der Waals surface area contributed by atoms with Crippen LogP contribution in [-0.2, 0) is 29.3 Å². The molecule has 0 atom stereocenters. The lowest BCUT2D eigenvalue weighted by atomic mass is 9.98. The van der Waals surface area contributed by atoms with Crippen LogP contribution < -0.4 is 21.6 Å². The second-order valence-corrected chi connectivity index (χ2v) is 8.50. The first-order chi connectivity index (χ1) is 16.6. The van der Waals surface area contributed by atoms with Crippen LogP contribution in [0.3, 0.4) is 0 Å². The molecule has 0 radical (unpaired) electrons. The highest BCUT2D eigenvalue weighted by Crippen LogP contribution is 2.25. The molecule has 10 nitrogen and oxygen atoms in total. The number of halogens is 1. The summed E-state index contributed by atoms with van der Waals surface area (Å²) < 4.78 is 15.3. The zero-order valence-corrected chi connectivity index (χ0v) is 20.4. The molecule has 0 aliphatic carbocycles. The lowest BCUT2D eigenvalue weighted by molar-refractivity contribution is -0.130. The van der Waals surface area contributed by atoms with E-state index in [0.717, 1.165) is 23.4 Å². The first-order valence-corrected chi connectivity index (χ1v) is 11.3. The van der Waals surface area contributed by atoms with Crippen LogP contribution in [-0.4, -0.2) is 45.1 Å². The van der Waals surface area contributed by atoms with E-state index in [4.69, 9.17) is 5.73 Å². The number of carbonyl (C=O) groups is 2. The standard InChI is InChI=1S/C24H31FN6O4/c1-5-30-12-16(25)9-20(24(30)35)29(4)31-7-6-14(2)17(23(31)34)10-22(33)27-11-18-15(3)8-21(26)28-19(18)13-32/h8-9,12,32H,5-7,10-11,13H2,1-4H3,(H2,26,28)(H,27,33). The van der Waals surface area contributed by atoms with Crippen molar-refractivity contribution in [3.05, 3.63) is 62.5 Å². The fraction of sp³-hybridized carbons (Fsp3) is 0.417. The summed E-state index contributed by atoms with van der Waals surface area (Å²) in [5.74, 6) is -1.10. The molecular formula is C24H31FN6O4. The minimum atomic E-state index is -0.584. The average molecular weight is 487 g/mol. The van der Waals surface area contributed by atoms with Gasteiger partial charge in [0, 0.05) is 44.5 Å². The predicted molar refractivity (Wildman–Crippen MR) is 130 cm³/mol. The molecule has 2 aromatic rings. The lowest BCUT2D eigenvalue weighted by Gasteiger charge is -2.37. The largest absolute Gasteiger partial charge is 0.390 e. The van der Waals surface area contributed by atoms with Crippen LogP contribution in [0, 0.1) is 12.7 Å². The van der Waals surface area contributed by atoms with Gasteiger partial charge in [-0.3, -0.25) is 19.4 Å². The van der Waals surface area contributed by atoms with Crippen molar-refractivity contribution in [1.29, 1.82) is 0 Å². The number of nitrogens with zero attached hydrogens (tertiary/aromatic N) is 4. The van der Waals surface area contributed by atoms with Gasteiger partial charge >= 0.3 is 0 Å². The number of aliphatic hydroxyl groups is 1. The Morgan fingerprint density at radius 2 is 2.03 bits per heavy atom. The fourth-order valence-electron chi connectivity index (χ4n) is 4.13. The molecule has 188 valence electrons. The number of hydrazine groups is 1. The summed E-state index contributed by atoms with van der Waals surface area (Å²) in [6.07, 6.45) is 1.47. The zero-order chi connectivity index (χ0) is 25.9. The quantitative estimate of drug-likeness (QED) is 0.513. The van der Waals surface area contributed by atoms with Crippen molar-refractivity contribution in [1.82, 2.24) is 19.9 Å². The van der Waals surface area contributed by atoms with Crippen LogP contribution in [0.2, 0.25) is 0 Å². The Morgan fingerprint density at radius 3 is 2.69 bits per heavy atom. The predicted octanol–water partition coefficient (Wildman–Crippen LogP) is 1.39. The van der Waals surface area contributed by atoms with Crippen molar-refractivity contribution in [3.8, 4) is 0 Å². The zero-order valence-electron chi connectivity index (χ0n) is 20.4. The van der Waals surface area contributed by atoms with Gasteiger partial charge in [-0.1, -0.05) is 5.57 Å². The maximum Gasteiger partial charge on any atom is 0.276 e. The van der Waals surface area contributed by atoms with Crippen molar-refractivity contribution in [3.63, 3.8) is 0 Å². The van der Waals surface area contributed by atoms with E-state index in [-0.39, 0.29) is 43.5 Å². The molecule has 11 heteroatoms. The second kappa shape index (κ2) is 10.7. The van der Waals surface area contributed by atoms with Gasteiger partial charge < -0.3 is 20.7 Å². The Hall–Kier alpha value is -3.73. The van der Waals surface area contributed by atoms with Crippen molar-refractivity contribution < 1.29 is 19.1 Å². The van der Waals surface area contributed by atoms with Gasteiger partial charge in [0.2, 0.25) is 5.91 Å². The Labute approximate surface area is 202 Å². The average Bonchev–Trinajstić information content (AvgIpc) is 2.81. The van der Waals surface area contributed by atoms with Gasteiger partial charge in [-0.2, -0.15) is 0 Å². The third kappa shape index (κ3) is 5.51. The van der Waals surface area contributed by atoms with E-state index in [2.05, 4.69) is 10.3 Å². The minimum Gasteiger partial charge on any atom is -0.390 e. The normalized spacial score (nSPS) is 13.9. The summed E-state index contributed by atoms with van der Waals surface area (Å²) in [5, 5.41) is 15.0. The third-order valence-electron chi connectivity index (χ3n) is 6.19. The Morgan fingerprint density at radius 1 is 1.31 bits per heavy atom. The van der Waals surface area contributed by atoms with Crippen molar-refractivity contribution in [2.24, 2.45) is 0 Å². The molecule has 35 heavy (non-hydrogen) atoms. The van der Waals surface area contributed by atoms with E-state index in [1.807, 2.05) is 6.92 Å². The monoisotopic (exact) mass is 486 g/mol. The maximum absolute atomic E-state index is 14.1. The van der Waals surface area contributed by atoms with Gasteiger partial charge in [0.05, 0.1) is 18.7 Å². The molecule has 0 saturated heterocycles. The summed E-state index contributed by atoms with van der Waals surface area (Å²) in [7, 11) is 1.53. The van der Waals surface area contributed by atoms with Gasteiger partial charge in [0.25, 0.3) is 11.5 Å². The summed E-state index contributed by atoms with van der Waals surface area (Å²) in [4.78, 5) is 42.8. The van der Waals surface area contributed by atoms with Gasteiger partial charge in [-0.15, -0.1) is 0 Å². The molecule has 0 saturated carbocycles. The number of aliphatic hydroxyl groups excluding tert-OH is 1. The molecule has 3 rings (SSSR count). The van der Waals surface area contributed by atoms with Gasteiger partial charge in [0.15, 0.2) is 0 Å². The van der Waals surface area contributed by atoms with Crippen molar-refractivity contribution in [2.75, 3.05) is 24.3 Å². The molecule has 0 spiro atoms. The van der Waals surface area contributed by atoms with E-state index in [1.54, 1.807) is 19.9 Å².